The minimum atomic E-state index is -0.722. The van der Waals surface area contributed by atoms with E-state index in [1.807, 2.05) is 48.5 Å². The molecule has 8 nitrogen and oxygen atoms in total. The van der Waals surface area contributed by atoms with Crippen molar-refractivity contribution in [2.45, 2.75) is 118 Å². The van der Waals surface area contributed by atoms with E-state index in [-0.39, 0.29) is 57.2 Å². The summed E-state index contributed by atoms with van der Waals surface area (Å²) in [6.45, 7) is 14.9. The molecule has 43 heavy (non-hydrogen) atoms. The van der Waals surface area contributed by atoms with Crippen LogP contribution >= 0.6 is 0 Å². The zero-order valence-corrected chi connectivity index (χ0v) is 26.9. The molecule has 7 rings (SSSR count). The summed E-state index contributed by atoms with van der Waals surface area (Å²) < 4.78 is 23.7. The van der Waals surface area contributed by atoms with Crippen molar-refractivity contribution in [3.8, 4) is 0 Å². The Kier molecular flexibility index (Phi) is 8.33. The van der Waals surface area contributed by atoms with Crippen LogP contribution in [0.15, 0.2) is 24.3 Å². The van der Waals surface area contributed by atoms with Crippen LogP contribution in [0.25, 0.3) is 0 Å². The Morgan fingerprint density at radius 3 is 1.49 bits per heavy atom. The normalized spacial score (nSPS) is 31.2. The van der Waals surface area contributed by atoms with Gasteiger partial charge in [-0.3, -0.25) is 19.2 Å². The van der Waals surface area contributed by atoms with E-state index >= 15 is 0 Å². The highest BCUT2D eigenvalue weighted by Crippen LogP contribution is 2.78. The molecule has 0 saturated heterocycles. The van der Waals surface area contributed by atoms with Crippen LogP contribution in [0.1, 0.15) is 107 Å². The van der Waals surface area contributed by atoms with Gasteiger partial charge in [-0.1, -0.05) is 13.8 Å². The van der Waals surface area contributed by atoms with Gasteiger partial charge in [0.25, 0.3) is 0 Å². The van der Waals surface area contributed by atoms with E-state index in [0.717, 1.165) is 38.5 Å². The van der Waals surface area contributed by atoms with Crippen LogP contribution < -0.4 is 5.32 Å². The van der Waals surface area contributed by atoms with Crippen LogP contribution in [0.3, 0.4) is 0 Å². The molecule has 9 heteroatoms. The van der Waals surface area contributed by atoms with E-state index in [4.69, 9.17) is 14.6 Å². The molecule has 6 fully saturated rings. The largest absolute Gasteiger partial charge is 0.481 e. The standard InChI is InChI=1S/C20H26FNO3.C14H22O4/c1-13(17(24)22-15-7-5-14(21)6-8-15)20-10-19(11-20,12-20)9-16(23)25-18(2,3)4;1-9(11(16)17)14-6-13(7-14,8-14)5-10(15)18-12(2,3)4/h5-8,13H,9-12H2,1-4H3,(H,22,24);9H,5-8H2,1-4H3,(H,16,17). The fraction of sp³-hybridized carbons (Fsp3) is 0.706. The monoisotopic (exact) mass is 601 g/mol. The fourth-order valence-electron chi connectivity index (χ4n) is 8.16. The van der Waals surface area contributed by atoms with Crippen molar-refractivity contribution in [3.63, 3.8) is 0 Å². The number of hydrogen-bond donors (Lipinski definition) is 2. The summed E-state index contributed by atoms with van der Waals surface area (Å²) in [6.07, 6.45) is 6.19. The van der Waals surface area contributed by atoms with Gasteiger partial charge in [0.1, 0.15) is 17.0 Å². The maximum atomic E-state index is 12.9. The molecular weight excluding hydrogens is 553 g/mol. The van der Waals surface area contributed by atoms with Gasteiger partial charge in [0.05, 0.1) is 18.8 Å². The molecule has 0 heterocycles. The molecule has 6 saturated carbocycles. The number of anilines is 1. The quantitative estimate of drug-likeness (QED) is 0.295. The first-order valence-corrected chi connectivity index (χ1v) is 15.3. The molecule has 4 bridgehead atoms. The number of rotatable bonds is 9. The molecule has 2 N–H and O–H groups in total. The maximum absolute atomic E-state index is 12.9. The van der Waals surface area contributed by atoms with Gasteiger partial charge in [-0.15, -0.1) is 0 Å². The smallest absolute Gasteiger partial charge is 0.306 e. The highest BCUT2D eigenvalue weighted by Gasteiger charge is 2.71. The Morgan fingerprint density at radius 1 is 0.767 bits per heavy atom. The zero-order chi connectivity index (χ0) is 32.2. The number of carboxylic acids is 1. The molecule has 2 atom stereocenters. The Hall–Kier alpha value is -2.97. The number of carbonyl (C=O) groups excluding carboxylic acids is 3. The number of carboxylic acid groups (broad SMARTS) is 1. The minimum absolute atomic E-state index is 0.00608. The van der Waals surface area contributed by atoms with Crippen molar-refractivity contribution < 1.29 is 38.1 Å². The third kappa shape index (κ3) is 7.07. The van der Waals surface area contributed by atoms with Crippen molar-refractivity contribution in [2.75, 3.05) is 5.32 Å². The molecule has 1 aromatic rings. The van der Waals surface area contributed by atoms with E-state index in [1.165, 1.54) is 12.1 Å². The summed E-state index contributed by atoms with van der Waals surface area (Å²) in [7, 11) is 0. The molecule has 0 aliphatic heterocycles. The van der Waals surface area contributed by atoms with Gasteiger partial charge in [0.2, 0.25) is 5.91 Å². The van der Waals surface area contributed by atoms with Gasteiger partial charge in [0.15, 0.2) is 0 Å². The van der Waals surface area contributed by atoms with Gasteiger partial charge in [-0.25, -0.2) is 4.39 Å². The number of benzene rings is 1. The van der Waals surface area contributed by atoms with Crippen LogP contribution in [0.5, 0.6) is 0 Å². The molecular formula is C34H48FNO7. The number of amides is 1. The first-order chi connectivity index (χ1) is 19.6. The lowest BCUT2D eigenvalue weighted by Gasteiger charge is -2.72. The van der Waals surface area contributed by atoms with Crippen molar-refractivity contribution >= 4 is 29.5 Å². The molecule has 2 unspecified atom stereocenters. The highest BCUT2D eigenvalue weighted by molar-refractivity contribution is 5.93. The zero-order valence-electron chi connectivity index (χ0n) is 26.9. The second kappa shape index (κ2) is 10.9. The predicted molar refractivity (Wildman–Crippen MR) is 159 cm³/mol. The lowest BCUT2D eigenvalue weighted by molar-refractivity contribution is -0.241. The third-order valence-corrected chi connectivity index (χ3v) is 9.95. The van der Waals surface area contributed by atoms with Gasteiger partial charge in [0, 0.05) is 11.6 Å². The molecule has 0 spiro atoms. The van der Waals surface area contributed by atoms with Crippen LogP contribution in [-0.2, 0) is 28.7 Å². The fourth-order valence-corrected chi connectivity index (χ4v) is 8.16. The number of esters is 2. The van der Waals surface area contributed by atoms with E-state index in [0.29, 0.717) is 18.5 Å². The summed E-state index contributed by atoms with van der Waals surface area (Å²) in [5.74, 6) is -1.81. The number of nitrogens with one attached hydrogen (secondary N) is 1. The Morgan fingerprint density at radius 2 is 1.14 bits per heavy atom. The summed E-state index contributed by atoms with van der Waals surface area (Å²) >= 11 is 0. The first-order valence-electron chi connectivity index (χ1n) is 15.3. The second-order valence-electron chi connectivity index (χ2n) is 16.1. The van der Waals surface area contributed by atoms with Gasteiger partial charge < -0.3 is 19.9 Å². The van der Waals surface area contributed by atoms with Crippen molar-refractivity contribution in [1.82, 2.24) is 0 Å². The molecule has 1 amide bonds. The second-order valence-corrected chi connectivity index (χ2v) is 16.1. The number of carbonyl (C=O) groups is 4. The number of hydrogen-bond acceptors (Lipinski definition) is 6. The van der Waals surface area contributed by atoms with Crippen LogP contribution in [-0.4, -0.2) is 40.1 Å². The third-order valence-electron chi connectivity index (χ3n) is 9.95. The SMILES string of the molecule is CC(C(=O)Nc1ccc(F)cc1)C12CC(CC(=O)OC(C)(C)C)(C1)C2.CC(C(=O)O)C12CC(CC(=O)OC(C)(C)C)(C1)C2. The first kappa shape index (κ1) is 32.9. The van der Waals surface area contributed by atoms with Gasteiger partial charge in [-0.2, -0.15) is 0 Å². The molecule has 1 aromatic carbocycles. The molecule has 0 radical (unpaired) electrons. The summed E-state index contributed by atoms with van der Waals surface area (Å²) in [5, 5.41) is 11.9. The molecule has 0 aromatic heterocycles. The predicted octanol–water partition coefficient (Wildman–Crippen LogP) is 6.91. The summed E-state index contributed by atoms with van der Waals surface area (Å²) in [6, 6.07) is 5.78. The Bertz CT molecular complexity index is 1230. The minimum Gasteiger partial charge on any atom is -0.481 e. The summed E-state index contributed by atoms with van der Waals surface area (Å²) in [4.78, 5) is 47.3. The Labute approximate surface area is 254 Å². The lowest BCUT2D eigenvalue weighted by Crippen LogP contribution is -2.66. The van der Waals surface area contributed by atoms with Gasteiger partial charge in [-0.05, 0) is 126 Å². The topological polar surface area (TPSA) is 119 Å². The van der Waals surface area contributed by atoms with Crippen molar-refractivity contribution in [2.24, 2.45) is 33.5 Å². The van der Waals surface area contributed by atoms with Crippen LogP contribution in [0, 0.1) is 39.3 Å². The van der Waals surface area contributed by atoms with E-state index in [1.54, 1.807) is 19.1 Å². The number of ether oxygens (including phenoxy) is 2. The van der Waals surface area contributed by atoms with E-state index in [9.17, 15) is 23.6 Å². The van der Waals surface area contributed by atoms with Crippen molar-refractivity contribution in [3.05, 3.63) is 30.1 Å². The average molecular weight is 602 g/mol. The number of aliphatic carboxylic acids is 1. The number of halogens is 1. The lowest BCUT2D eigenvalue weighted by atomic mass is 9.31. The average Bonchev–Trinajstić information content (AvgIpc) is 2.75. The van der Waals surface area contributed by atoms with Crippen molar-refractivity contribution in [1.29, 1.82) is 0 Å². The molecule has 238 valence electrons. The molecule has 6 aliphatic rings. The highest BCUT2D eigenvalue weighted by atomic mass is 19.1. The summed E-state index contributed by atoms with van der Waals surface area (Å²) in [5.41, 5.74) is -0.236. The van der Waals surface area contributed by atoms with E-state index in [2.05, 4.69) is 5.32 Å². The van der Waals surface area contributed by atoms with Gasteiger partial charge >= 0.3 is 17.9 Å². The maximum Gasteiger partial charge on any atom is 0.306 e. The van der Waals surface area contributed by atoms with E-state index < -0.39 is 17.2 Å². The van der Waals surface area contributed by atoms with Crippen LogP contribution in [0.2, 0.25) is 0 Å². The Balaban J connectivity index is 0.000000208. The molecule has 6 aliphatic carbocycles. The van der Waals surface area contributed by atoms with Crippen LogP contribution in [0.4, 0.5) is 10.1 Å².